The van der Waals surface area contributed by atoms with Gasteiger partial charge in [-0.1, -0.05) is 0 Å². The molecule has 1 aromatic rings. The Morgan fingerprint density at radius 2 is 2.44 bits per heavy atom. The third-order valence-corrected chi connectivity index (χ3v) is 3.73. The van der Waals surface area contributed by atoms with Crippen molar-refractivity contribution >= 4 is 23.3 Å². The van der Waals surface area contributed by atoms with Crippen LogP contribution in [0.4, 0.5) is 4.79 Å². The lowest BCUT2D eigenvalue weighted by Crippen LogP contribution is -2.46. The second-order valence-electron chi connectivity index (χ2n) is 4.25. The molecule has 0 unspecified atom stereocenters. The number of aromatic nitrogens is 1. The maximum atomic E-state index is 11.9. The van der Waals surface area contributed by atoms with Gasteiger partial charge in [0.2, 0.25) is 0 Å². The molecule has 1 aromatic heterocycles. The number of nitrogens with zero attached hydrogens (tertiary/aromatic N) is 2. The van der Waals surface area contributed by atoms with Crippen LogP contribution in [0, 0.1) is 5.92 Å². The standard InChI is InChI=1S/C11H15N3O3S/c15-10(16)8-2-1-3-14(6-8)11(17)13-5-9-4-12-7-18-9/h4,7-8H,1-3,5-6H2,(H,13,17)(H,15,16)/t8-/m0/s1. The molecule has 0 aromatic carbocycles. The molecular formula is C11H15N3O3S. The number of rotatable bonds is 3. The smallest absolute Gasteiger partial charge is 0.317 e. The number of hydrogen-bond acceptors (Lipinski definition) is 4. The highest BCUT2D eigenvalue weighted by Crippen LogP contribution is 2.16. The molecule has 2 N–H and O–H groups in total. The number of carbonyl (C=O) groups is 2. The van der Waals surface area contributed by atoms with Gasteiger partial charge in [0.05, 0.1) is 18.0 Å². The summed E-state index contributed by atoms with van der Waals surface area (Å²) in [6.45, 7) is 1.36. The summed E-state index contributed by atoms with van der Waals surface area (Å²) < 4.78 is 0. The van der Waals surface area contributed by atoms with Crippen LogP contribution in [0.15, 0.2) is 11.7 Å². The fourth-order valence-electron chi connectivity index (χ4n) is 1.97. The number of nitrogens with one attached hydrogen (secondary N) is 1. The van der Waals surface area contributed by atoms with Gasteiger partial charge in [-0.25, -0.2) is 4.79 Å². The Bertz CT molecular complexity index is 421. The summed E-state index contributed by atoms with van der Waals surface area (Å²) in [6.07, 6.45) is 3.10. The summed E-state index contributed by atoms with van der Waals surface area (Å²) in [7, 11) is 0. The van der Waals surface area contributed by atoms with Gasteiger partial charge < -0.3 is 15.3 Å². The summed E-state index contributed by atoms with van der Waals surface area (Å²) >= 11 is 1.48. The van der Waals surface area contributed by atoms with Gasteiger partial charge in [0.15, 0.2) is 0 Å². The zero-order chi connectivity index (χ0) is 13.0. The van der Waals surface area contributed by atoms with Crippen LogP contribution in [0.3, 0.4) is 0 Å². The molecule has 1 saturated heterocycles. The van der Waals surface area contributed by atoms with Gasteiger partial charge in [-0.05, 0) is 12.8 Å². The molecule has 2 rings (SSSR count). The molecule has 98 valence electrons. The molecule has 2 amide bonds. The second-order valence-corrected chi connectivity index (χ2v) is 5.22. The highest BCUT2D eigenvalue weighted by molar-refractivity contribution is 7.09. The number of amides is 2. The number of carboxylic acid groups (broad SMARTS) is 1. The fraction of sp³-hybridized carbons (Fsp3) is 0.545. The lowest BCUT2D eigenvalue weighted by atomic mass is 9.99. The molecule has 1 fully saturated rings. The first-order valence-electron chi connectivity index (χ1n) is 5.80. The molecule has 0 bridgehead atoms. The van der Waals surface area contributed by atoms with E-state index < -0.39 is 11.9 Å². The molecule has 0 saturated carbocycles. The first-order valence-corrected chi connectivity index (χ1v) is 6.67. The maximum Gasteiger partial charge on any atom is 0.317 e. The average molecular weight is 269 g/mol. The second kappa shape index (κ2) is 5.81. The molecule has 1 aliphatic rings. The van der Waals surface area contributed by atoms with Crippen LogP contribution in [0.5, 0.6) is 0 Å². The number of carbonyl (C=O) groups excluding carboxylic acids is 1. The van der Waals surface area contributed by atoms with E-state index in [1.807, 2.05) is 0 Å². The third kappa shape index (κ3) is 3.19. The zero-order valence-corrected chi connectivity index (χ0v) is 10.7. The first-order chi connectivity index (χ1) is 8.66. The van der Waals surface area contributed by atoms with E-state index in [4.69, 9.17) is 5.11 Å². The number of likely N-dealkylation sites (tertiary alicyclic amines) is 1. The number of piperidine rings is 1. The van der Waals surface area contributed by atoms with E-state index in [2.05, 4.69) is 10.3 Å². The molecule has 6 nitrogen and oxygen atoms in total. The van der Waals surface area contributed by atoms with Crippen molar-refractivity contribution in [1.82, 2.24) is 15.2 Å². The third-order valence-electron chi connectivity index (χ3n) is 2.96. The average Bonchev–Trinajstić information content (AvgIpc) is 2.89. The Labute approximate surface area is 109 Å². The Morgan fingerprint density at radius 3 is 3.11 bits per heavy atom. The van der Waals surface area contributed by atoms with E-state index in [9.17, 15) is 9.59 Å². The number of carboxylic acids is 1. The monoisotopic (exact) mass is 269 g/mol. The summed E-state index contributed by atoms with van der Waals surface area (Å²) in [5.41, 5.74) is 1.71. The molecule has 0 radical (unpaired) electrons. The molecule has 0 spiro atoms. The molecular weight excluding hydrogens is 254 g/mol. The van der Waals surface area contributed by atoms with Gasteiger partial charge in [0.25, 0.3) is 0 Å². The number of hydrogen-bond donors (Lipinski definition) is 2. The Hall–Kier alpha value is -1.63. The normalized spacial score (nSPS) is 19.6. The first kappa shape index (κ1) is 12.8. The van der Waals surface area contributed by atoms with Crippen molar-refractivity contribution in [1.29, 1.82) is 0 Å². The van der Waals surface area contributed by atoms with Gasteiger partial charge in [-0.15, -0.1) is 11.3 Å². The quantitative estimate of drug-likeness (QED) is 0.862. The minimum atomic E-state index is -0.824. The minimum absolute atomic E-state index is 0.200. The predicted molar refractivity (Wildman–Crippen MR) is 66.3 cm³/mol. The minimum Gasteiger partial charge on any atom is -0.481 e. The summed E-state index contributed by atoms with van der Waals surface area (Å²) in [4.78, 5) is 29.2. The van der Waals surface area contributed by atoms with E-state index >= 15 is 0 Å². The topological polar surface area (TPSA) is 82.5 Å². The van der Waals surface area contributed by atoms with Crippen molar-refractivity contribution in [3.8, 4) is 0 Å². The van der Waals surface area contributed by atoms with Gasteiger partial charge in [0, 0.05) is 24.2 Å². The molecule has 2 heterocycles. The number of aliphatic carboxylic acids is 1. The summed E-state index contributed by atoms with van der Waals surface area (Å²) in [6, 6.07) is -0.200. The molecule has 1 atom stereocenters. The largest absolute Gasteiger partial charge is 0.481 e. The van der Waals surface area contributed by atoms with Gasteiger partial charge in [-0.2, -0.15) is 0 Å². The lowest BCUT2D eigenvalue weighted by molar-refractivity contribution is -0.143. The van der Waals surface area contributed by atoms with E-state index in [1.54, 1.807) is 16.6 Å². The Morgan fingerprint density at radius 1 is 1.61 bits per heavy atom. The highest BCUT2D eigenvalue weighted by atomic mass is 32.1. The SMILES string of the molecule is O=C(O)[C@H]1CCCN(C(=O)NCc2cncs2)C1. The number of urea groups is 1. The molecule has 0 aliphatic carbocycles. The van der Waals surface area contributed by atoms with Crippen molar-refractivity contribution < 1.29 is 14.7 Å². The van der Waals surface area contributed by atoms with Crippen LogP contribution in [0.25, 0.3) is 0 Å². The Kier molecular flexibility index (Phi) is 4.14. The van der Waals surface area contributed by atoms with Gasteiger partial charge in [-0.3, -0.25) is 9.78 Å². The Balaban J connectivity index is 1.83. The number of thiazole rings is 1. The zero-order valence-electron chi connectivity index (χ0n) is 9.83. The van der Waals surface area contributed by atoms with Gasteiger partial charge >= 0.3 is 12.0 Å². The van der Waals surface area contributed by atoms with E-state index in [0.717, 1.165) is 11.3 Å². The summed E-state index contributed by atoms with van der Waals surface area (Å²) in [5, 5.41) is 11.7. The van der Waals surface area contributed by atoms with Gasteiger partial charge in [0.1, 0.15) is 0 Å². The van der Waals surface area contributed by atoms with Crippen molar-refractivity contribution in [2.45, 2.75) is 19.4 Å². The van der Waals surface area contributed by atoms with Crippen LogP contribution in [-0.4, -0.2) is 40.1 Å². The van der Waals surface area contributed by atoms with Crippen LogP contribution >= 0.6 is 11.3 Å². The predicted octanol–water partition coefficient (Wildman–Crippen LogP) is 1.15. The van der Waals surface area contributed by atoms with E-state index in [0.29, 0.717) is 26.1 Å². The van der Waals surface area contributed by atoms with Crippen molar-refractivity contribution in [3.05, 3.63) is 16.6 Å². The van der Waals surface area contributed by atoms with E-state index in [1.165, 1.54) is 11.3 Å². The maximum absolute atomic E-state index is 11.9. The van der Waals surface area contributed by atoms with Crippen LogP contribution in [0.1, 0.15) is 17.7 Å². The van der Waals surface area contributed by atoms with E-state index in [-0.39, 0.29) is 6.03 Å². The fourth-order valence-corrected chi connectivity index (χ4v) is 2.50. The highest BCUT2D eigenvalue weighted by Gasteiger charge is 2.27. The van der Waals surface area contributed by atoms with Crippen molar-refractivity contribution in [2.24, 2.45) is 5.92 Å². The van der Waals surface area contributed by atoms with Crippen LogP contribution in [0.2, 0.25) is 0 Å². The summed E-state index contributed by atoms with van der Waals surface area (Å²) in [5.74, 6) is -1.26. The molecule has 7 heteroatoms. The molecule has 18 heavy (non-hydrogen) atoms. The van der Waals surface area contributed by atoms with Crippen LogP contribution in [-0.2, 0) is 11.3 Å². The molecule has 1 aliphatic heterocycles. The van der Waals surface area contributed by atoms with Crippen molar-refractivity contribution in [3.63, 3.8) is 0 Å². The van der Waals surface area contributed by atoms with Crippen molar-refractivity contribution in [2.75, 3.05) is 13.1 Å². The van der Waals surface area contributed by atoms with Crippen LogP contribution < -0.4 is 5.32 Å². The lowest BCUT2D eigenvalue weighted by Gasteiger charge is -2.30.